The topological polar surface area (TPSA) is 66.5 Å². The number of hydrogen-bond acceptors (Lipinski definition) is 3. The van der Waals surface area contributed by atoms with E-state index in [2.05, 4.69) is 5.32 Å². The summed E-state index contributed by atoms with van der Waals surface area (Å²) in [5, 5.41) is 2.14. The SMILES string of the molecule is CCN(CC)S(=O)(=O)c1ccc(C=CC(=O)Nc2c(F)cccc2F)cc1. The molecule has 0 radical (unpaired) electrons. The maximum Gasteiger partial charge on any atom is 0.248 e. The van der Waals surface area contributed by atoms with E-state index in [1.165, 1.54) is 28.6 Å². The number of nitrogens with one attached hydrogen (secondary N) is 1. The Labute approximate surface area is 157 Å². The molecule has 0 fully saturated rings. The molecule has 0 spiro atoms. The van der Waals surface area contributed by atoms with Crippen molar-refractivity contribution in [1.29, 1.82) is 0 Å². The molecule has 2 aromatic carbocycles. The van der Waals surface area contributed by atoms with Gasteiger partial charge in [-0.05, 0) is 35.9 Å². The van der Waals surface area contributed by atoms with Crippen LogP contribution in [0, 0.1) is 11.6 Å². The van der Waals surface area contributed by atoms with Crippen LogP contribution < -0.4 is 5.32 Å². The molecule has 0 heterocycles. The van der Waals surface area contributed by atoms with E-state index in [4.69, 9.17) is 0 Å². The molecule has 0 atom stereocenters. The van der Waals surface area contributed by atoms with Crippen molar-refractivity contribution in [2.24, 2.45) is 0 Å². The Morgan fingerprint density at radius 3 is 2.11 bits per heavy atom. The quantitative estimate of drug-likeness (QED) is 0.729. The van der Waals surface area contributed by atoms with E-state index in [9.17, 15) is 22.0 Å². The van der Waals surface area contributed by atoms with E-state index in [0.29, 0.717) is 18.7 Å². The van der Waals surface area contributed by atoms with E-state index >= 15 is 0 Å². The van der Waals surface area contributed by atoms with Gasteiger partial charge in [0.25, 0.3) is 0 Å². The van der Waals surface area contributed by atoms with Gasteiger partial charge < -0.3 is 5.32 Å². The van der Waals surface area contributed by atoms with E-state index < -0.39 is 33.3 Å². The molecular formula is C19H20F2N2O3S. The van der Waals surface area contributed by atoms with E-state index in [-0.39, 0.29) is 4.90 Å². The average Bonchev–Trinajstić information content (AvgIpc) is 2.64. The number of amides is 1. The molecule has 0 saturated carbocycles. The summed E-state index contributed by atoms with van der Waals surface area (Å²) in [6.07, 6.45) is 2.53. The minimum Gasteiger partial charge on any atom is -0.318 e. The summed E-state index contributed by atoms with van der Waals surface area (Å²) >= 11 is 0. The lowest BCUT2D eigenvalue weighted by Crippen LogP contribution is -2.30. The number of carbonyl (C=O) groups excluding carboxylic acids is 1. The van der Waals surface area contributed by atoms with Crippen molar-refractivity contribution in [3.63, 3.8) is 0 Å². The molecule has 1 N–H and O–H groups in total. The van der Waals surface area contributed by atoms with Crippen LogP contribution in [0.1, 0.15) is 19.4 Å². The molecule has 0 aliphatic carbocycles. The number of halogens is 2. The fourth-order valence-corrected chi connectivity index (χ4v) is 3.88. The third-order valence-corrected chi connectivity index (χ3v) is 5.93. The van der Waals surface area contributed by atoms with Gasteiger partial charge >= 0.3 is 0 Å². The van der Waals surface area contributed by atoms with Gasteiger partial charge in [-0.3, -0.25) is 4.79 Å². The lowest BCUT2D eigenvalue weighted by molar-refractivity contribution is -0.111. The molecule has 8 heteroatoms. The highest BCUT2D eigenvalue weighted by molar-refractivity contribution is 7.89. The smallest absolute Gasteiger partial charge is 0.248 e. The predicted octanol–water partition coefficient (Wildman–Crippen LogP) is 3.65. The molecule has 27 heavy (non-hydrogen) atoms. The molecule has 0 aliphatic rings. The van der Waals surface area contributed by atoms with Crippen LogP contribution in [0.25, 0.3) is 6.08 Å². The lowest BCUT2D eigenvalue weighted by atomic mass is 10.2. The van der Waals surface area contributed by atoms with Crippen LogP contribution in [0.2, 0.25) is 0 Å². The molecule has 0 aliphatic heterocycles. The molecule has 144 valence electrons. The first kappa shape index (κ1) is 20.7. The number of anilines is 1. The second-order valence-electron chi connectivity index (χ2n) is 5.58. The number of benzene rings is 2. The van der Waals surface area contributed by atoms with Gasteiger partial charge in [0.05, 0.1) is 4.90 Å². The number of carbonyl (C=O) groups is 1. The standard InChI is InChI=1S/C19H20F2N2O3S/c1-3-23(4-2)27(25,26)15-11-8-14(9-12-15)10-13-18(24)22-19-16(20)6-5-7-17(19)21/h5-13H,3-4H2,1-2H3,(H,22,24). The summed E-state index contributed by atoms with van der Waals surface area (Å²) < 4.78 is 53.2. The van der Waals surface area contributed by atoms with Gasteiger partial charge in [0.2, 0.25) is 15.9 Å². The zero-order chi connectivity index (χ0) is 20.0. The first-order chi connectivity index (χ1) is 12.8. The van der Waals surface area contributed by atoms with Crippen molar-refractivity contribution in [3.8, 4) is 0 Å². The second-order valence-corrected chi connectivity index (χ2v) is 7.52. The molecule has 0 aromatic heterocycles. The first-order valence-electron chi connectivity index (χ1n) is 8.32. The summed E-state index contributed by atoms with van der Waals surface area (Å²) in [7, 11) is -3.55. The lowest BCUT2D eigenvalue weighted by Gasteiger charge is -2.18. The van der Waals surface area contributed by atoms with Crippen molar-refractivity contribution in [1.82, 2.24) is 4.31 Å². The molecule has 2 aromatic rings. The van der Waals surface area contributed by atoms with Crippen LogP contribution in [0.3, 0.4) is 0 Å². The van der Waals surface area contributed by atoms with Crippen LogP contribution >= 0.6 is 0 Å². The summed E-state index contributed by atoms with van der Waals surface area (Å²) in [5.74, 6) is -2.45. The maximum atomic E-state index is 13.5. The summed E-state index contributed by atoms with van der Waals surface area (Å²) in [4.78, 5) is 12.0. The number of hydrogen-bond donors (Lipinski definition) is 1. The van der Waals surface area contributed by atoms with E-state index in [1.54, 1.807) is 26.0 Å². The Morgan fingerprint density at radius 2 is 1.59 bits per heavy atom. The molecular weight excluding hydrogens is 374 g/mol. The molecule has 5 nitrogen and oxygen atoms in total. The number of rotatable bonds is 7. The summed E-state index contributed by atoms with van der Waals surface area (Å²) in [5.41, 5.74) is 0.0467. The van der Waals surface area contributed by atoms with Crippen LogP contribution in [-0.4, -0.2) is 31.7 Å². The number of nitrogens with zero attached hydrogens (tertiary/aromatic N) is 1. The zero-order valence-corrected chi connectivity index (χ0v) is 15.8. The van der Waals surface area contributed by atoms with Crippen molar-refractivity contribution in [2.45, 2.75) is 18.7 Å². The minimum absolute atomic E-state index is 0.154. The third-order valence-electron chi connectivity index (χ3n) is 3.86. The van der Waals surface area contributed by atoms with Crippen molar-refractivity contribution >= 4 is 27.7 Å². The van der Waals surface area contributed by atoms with Crippen LogP contribution in [-0.2, 0) is 14.8 Å². The fourth-order valence-electron chi connectivity index (χ4n) is 2.42. The van der Waals surface area contributed by atoms with Gasteiger partial charge in [0.1, 0.15) is 17.3 Å². The van der Waals surface area contributed by atoms with E-state index in [1.807, 2.05) is 0 Å². The van der Waals surface area contributed by atoms with Crippen LogP contribution in [0.15, 0.2) is 53.4 Å². The van der Waals surface area contributed by atoms with Gasteiger partial charge in [-0.25, -0.2) is 17.2 Å². The Morgan fingerprint density at radius 1 is 1.04 bits per heavy atom. The summed E-state index contributed by atoms with van der Waals surface area (Å²) in [6.45, 7) is 4.25. The van der Waals surface area contributed by atoms with Crippen LogP contribution in [0.5, 0.6) is 0 Å². The maximum absolute atomic E-state index is 13.5. The highest BCUT2D eigenvalue weighted by Crippen LogP contribution is 2.19. The van der Waals surface area contributed by atoms with E-state index in [0.717, 1.165) is 18.2 Å². The Hall–Kier alpha value is -2.58. The van der Waals surface area contributed by atoms with Crippen molar-refractivity contribution in [2.75, 3.05) is 18.4 Å². The van der Waals surface area contributed by atoms with Gasteiger partial charge in [-0.15, -0.1) is 0 Å². The first-order valence-corrected chi connectivity index (χ1v) is 9.76. The normalized spacial score (nSPS) is 11.9. The molecule has 0 saturated heterocycles. The Kier molecular flexibility index (Phi) is 6.81. The van der Waals surface area contributed by atoms with Gasteiger partial charge in [-0.2, -0.15) is 4.31 Å². The Balaban J connectivity index is 2.11. The van der Waals surface area contributed by atoms with Crippen molar-refractivity contribution in [3.05, 3.63) is 65.7 Å². The van der Waals surface area contributed by atoms with Crippen molar-refractivity contribution < 1.29 is 22.0 Å². The predicted molar refractivity (Wildman–Crippen MR) is 101 cm³/mol. The fraction of sp³-hybridized carbons (Fsp3) is 0.211. The Bertz CT molecular complexity index is 918. The molecule has 1 amide bonds. The largest absolute Gasteiger partial charge is 0.318 e. The molecule has 0 unspecified atom stereocenters. The highest BCUT2D eigenvalue weighted by Gasteiger charge is 2.20. The number of para-hydroxylation sites is 1. The zero-order valence-electron chi connectivity index (χ0n) is 14.9. The molecule has 0 bridgehead atoms. The second kappa shape index (κ2) is 8.88. The monoisotopic (exact) mass is 394 g/mol. The summed E-state index contributed by atoms with van der Waals surface area (Å²) in [6, 6.07) is 9.26. The number of sulfonamides is 1. The van der Waals surface area contributed by atoms with Crippen LogP contribution in [0.4, 0.5) is 14.5 Å². The highest BCUT2D eigenvalue weighted by atomic mass is 32.2. The molecule has 2 rings (SSSR count). The van der Waals surface area contributed by atoms with Gasteiger partial charge in [0, 0.05) is 19.2 Å². The van der Waals surface area contributed by atoms with Gasteiger partial charge in [-0.1, -0.05) is 32.0 Å². The van der Waals surface area contributed by atoms with Gasteiger partial charge in [0.15, 0.2) is 0 Å². The average molecular weight is 394 g/mol. The minimum atomic E-state index is -3.55. The third kappa shape index (κ3) is 4.99.